The molecule has 1 atom stereocenters. The van der Waals surface area contributed by atoms with Crippen LogP contribution in [0.5, 0.6) is 0 Å². The van der Waals surface area contributed by atoms with Gasteiger partial charge in [0.25, 0.3) is 5.91 Å². The van der Waals surface area contributed by atoms with Gasteiger partial charge in [-0.3, -0.25) is 14.2 Å². The fourth-order valence-corrected chi connectivity index (χ4v) is 3.40. The number of furan rings is 1. The van der Waals surface area contributed by atoms with Crippen LogP contribution in [0.2, 0.25) is 0 Å². The normalized spacial score (nSPS) is 12.4. The van der Waals surface area contributed by atoms with Crippen LogP contribution >= 0.6 is 15.9 Å². The highest BCUT2D eigenvalue weighted by molar-refractivity contribution is 9.10. The standard InChI is InChI=1S/C19H24BrN5O2/c1-6-24-13(4)16(9-21-24)11(2)22-19(26)17-8-7-15(27-17)10-25-14(5)18(20)12(3)23-25/h7-9,11H,6,10H2,1-5H3,(H,22,26). The zero-order valence-electron chi connectivity index (χ0n) is 16.2. The molecule has 8 heteroatoms. The van der Waals surface area contributed by atoms with Crippen LogP contribution in [0.15, 0.2) is 27.2 Å². The van der Waals surface area contributed by atoms with Crippen molar-refractivity contribution in [2.45, 2.75) is 53.8 Å². The van der Waals surface area contributed by atoms with E-state index in [0.29, 0.717) is 12.3 Å². The van der Waals surface area contributed by atoms with Crippen molar-refractivity contribution in [2.75, 3.05) is 0 Å². The first-order chi connectivity index (χ1) is 12.8. The molecule has 0 fully saturated rings. The third-order valence-electron chi connectivity index (χ3n) is 4.74. The summed E-state index contributed by atoms with van der Waals surface area (Å²) in [7, 11) is 0. The predicted octanol–water partition coefficient (Wildman–Crippen LogP) is 3.92. The van der Waals surface area contributed by atoms with Crippen LogP contribution in [0, 0.1) is 20.8 Å². The summed E-state index contributed by atoms with van der Waals surface area (Å²) in [5, 5.41) is 11.8. The summed E-state index contributed by atoms with van der Waals surface area (Å²) in [5.74, 6) is 0.728. The van der Waals surface area contributed by atoms with Crippen molar-refractivity contribution >= 4 is 21.8 Å². The molecule has 0 radical (unpaired) electrons. The maximum atomic E-state index is 12.5. The number of nitrogens with one attached hydrogen (secondary N) is 1. The molecule has 7 nitrogen and oxygen atoms in total. The Morgan fingerprint density at radius 2 is 2.00 bits per heavy atom. The molecule has 3 aromatic rings. The molecular weight excluding hydrogens is 410 g/mol. The molecule has 1 unspecified atom stereocenters. The zero-order chi connectivity index (χ0) is 19.7. The summed E-state index contributed by atoms with van der Waals surface area (Å²) >= 11 is 3.52. The molecule has 3 aromatic heterocycles. The topological polar surface area (TPSA) is 77.9 Å². The smallest absolute Gasteiger partial charge is 0.287 e. The summed E-state index contributed by atoms with van der Waals surface area (Å²) in [4.78, 5) is 12.5. The highest BCUT2D eigenvalue weighted by atomic mass is 79.9. The number of carbonyl (C=O) groups excluding carboxylic acids is 1. The fraction of sp³-hybridized carbons (Fsp3) is 0.421. The van der Waals surface area contributed by atoms with Crippen LogP contribution in [-0.2, 0) is 13.1 Å². The van der Waals surface area contributed by atoms with Gasteiger partial charge < -0.3 is 9.73 Å². The van der Waals surface area contributed by atoms with E-state index in [1.165, 1.54) is 0 Å². The molecule has 0 bridgehead atoms. The van der Waals surface area contributed by atoms with Gasteiger partial charge in [-0.05, 0) is 62.7 Å². The molecule has 144 valence electrons. The fourth-order valence-electron chi connectivity index (χ4n) is 3.11. The molecule has 3 heterocycles. The average molecular weight is 434 g/mol. The van der Waals surface area contributed by atoms with Gasteiger partial charge in [0.2, 0.25) is 0 Å². The third-order valence-corrected chi connectivity index (χ3v) is 5.89. The van der Waals surface area contributed by atoms with Crippen molar-refractivity contribution in [3.05, 3.63) is 57.0 Å². The summed E-state index contributed by atoms with van der Waals surface area (Å²) in [6, 6.07) is 3.35. The molecule has 0 aromatic carbocycles. The van der Waals surface area contributed by atoms with E-state index in [0.717, 1.165) is 33.7 Å². The lowest BCUT2D eigenvalue weighted by molar-refractivity contribution is 0.0909. The van der Waals surface area contributed by atoms with E-state index in [2.05, 4.69) is 31.4 Å². The molecule has 0 spiro atoms. The van der Waals surface area contributed by atoms with Crippen LogP contribution in [0.3, 0.4) is 0 Å². The molecule has 3 rings (SSSR count). The number of carbonyl (C=O) groups is 1. The summed E-state index contributed by atoms with van der Waals surface area (Å²) in [6.45, 7) is 11.2. The lowest BCUT2D eigenvalue weighted by atomic mass is 10.1. The number of hydrogen-bond donors (Lipinski definition) is 1. The second-order valence-corrected chi connectivity index (χ2v) is 7.40. The van der Waals surface area contributed by atoms with Gasteiger partial charge in [0.05, 0.1) is 34.6 Å². The Kier molecular flexibility index (Phi) is 5.55. The molecule has 0 aliphatic heterocycles. The highest BCUT2D eigenvalue weighted by Crippen LogP contribution is 2.22. The number of nitrogens with zero attached hydrogens (tertiary/aromatic N) is 4. The highest BCUT2D eigenvalue weighted by Gasteiger charge is 2.19. The number of aryl methyl sites for hydroxylation is 2. The molecule has 0 saturated carbocycles. The number of amides is 1. The third kappa shape index (κ3) is 3.85. The van der Waals surface area contributed by atoms with Crippen molar-refractivity contribution < 1.29 is 9.21 Å². The van der Waals surface area contributed by atoms with Gasteiger partial charge >= 0.3 is 0 Å². The Morgan fingerprint density at radius 1 is 1.26 bits per heavy atom. The van der Waals surface area contributed by atoms with Gasteiger partial charge in [0.1, 0.15) is 5.76 Å². The first-order valence-corrected chi connectivity index (χ1v) is 9.72. The van der Waals surface area contributed by atoms with E-state index in [1.807, 2.05) is 50.0 Å². The molecular formula is C19H24BrN5O2. The number of rotatable bonds is 6. The van der Waals surface area contributed by atoms with Crippen LogP contribution in [0.25, 0.3) is 0 Å². The Bertz CT molecular complexity index is 969. The van der Waals surface area contributed by atoms with Gasteiger partial charge in [-0.1, -0.05) is 0 Å². The minimum absolute atomic E-state index is 0.154. The first kappa shape index (κ1) is 19.4. The Hall–Kier alpha value is -2.35. The van der Waals surface area contributed by atoms with E-state index in [4.69, 9.17) is 4.42 Å². The van der Waals surface area contributed by atoms with Crippen LogP contribution in [0.1, 0.15) is 58.8 Å². The monoisotopic (exact) mass is 433 g/mol. The molecule has 0 saturated heterocycles. The quantitative estimate of drug-likeness (QED) is 0.638. The molecule has 1 amide bonds. The van der Waals surface area contributed by atoms with Gasteiger partial charge in [-0.15, -0.1) is 0 Å². The SMILES string of the molecule is CCn1ncc(C(C)NC(=O)c2ccc(Cn3nc(C)c(Br)c3C)o2)c1C. The number of aromatic nitrogens is 4. The van der Waals surface area contributed by atoms with Crippen molar-refractivity contribution in [3.8, 4) is 0 Å². The van der Waals surface area contributed by atoms with Gasteiger partial charge in [0.15, 0.2) is 5.76 Å². The first-order valence-electron chi connectivity index (χ1n) is 8.93. The largest absolute Gasteiger partial charge is 0.454 e. The summed E-state index contributed by atoms with van der Waals surface area (Å²) in [6.07, 6.45) is 1.80. The van der Waals surface area contributed by atoms with Crippen molar-refractivity contribution in [2.24, 2.45) is 0 Å². The minimum atomic E-state index is -0.244. The lowest BCUT2D eigenvalue weighted by Crippen LogP contribution is -2.26. The van der Waals surface area contributed by atoms with Gasteiger partial charge in [0, 0.05) is 17.8 Å². The van der Waals surface area contributed by atoms with Crippen LogP contribution in [0.4, 0.5) is 0 Å². The second kappa shape index (κ2) is 7.72. The summed E-state index contributed by atoms with van der Waals surface area (Å²) < 4.78 is 10.5. The average Bonchev–Trinajstić information content (AvgIpc) is 3.31. The molecule has 0 aliphatic carbocycles. The maximum absolute atomic E-state index is 12.5. The number of halogens is 1. The van der Waals surface area contributed by atoms with Crippen molar-refractivity contribution in [1.82, 2.24) is 24.9 Å². The van der Waals surface area contributed by atoms with Crippen molar-refractivity contribution in [3.63, 3.8) is 0 Å². The van der Waals surface area contributed by atoms with Crippen LogP contribution < -0.4 is 5.32 Å². The van der Waals surface area contributed by atoms with E-state index in [-0.39, 0.29) is 17.7 Å². The van der Waals surface area contributed by atoms with E-state index < -0.39 is 0 Å². The van der Waals surface area contributed by atoms with Crippen molar-refractivity contribution in [1.29, 1.82) is 0 Å². The summed E-state index contributed by atoms with van der Waals surface area (Å²) in [5.41, 5.74) is 4.01. The molecule has 27 heavy (non-hydrogen) atoms. The zero-order valence-corrected chi connectivity index (χ0v) is 17.8. The van der Waals surface area contributed by atoms with E-state index in [1.54, 1.807) is 12.3 Å². The molecule has 0 aliphatic rings. The predicted molar refractivity (Wildman–Crippen MR) is 106 cm³/mol. The van der Waals surface area contributed by atoms with Crippen LogP contribution in [-0.4, -0.2) is 25.5 Å². The van der Waals surface area contributed by atoms with E-state index in [9.17, 15) is 4.79 Å². The van der Waals surface area contributed by atoms with Gasteiger partial charge in [-0.25, -0.2) is 0 Å². The molecule has 1 N–H and O–H groups in total. The Morgan fingerprint density at radius 3 is 2.59 bits per heavy atom. The Balaban J connectivity index is 1.69. The number of hydrogen-bond acceptors (Lipinski definition) is 4. The maximum Gasteiger partial charge on any atom is 0.287 e. The van der Waals surface area contributed by atoms with Gasteiger partial charge in [-0.2, -0.15) is 10.2 Å². The van der Waals surface area contributed by atoms with E-state index >= 15 is 0 Å². The minimum Gasteiger partial charge on any atom is -0.454 e. The second-order valence-electron chi connectivity index (χ2n) is 6.60. The Labute approximate surface area is 166 Å². The lowest BCUT2D eigenvalue weighted by Gasteiger charge is -2.13.